The molecule has 1 aliphatic carbocycles. The average molecular weight is 196 g/mol. The zero-order valence-corrected chi connectivity index (χ0v) is 8.48. The minimum Gasteiger partial charge on any atom is -0.207 e. The van der Waals surface area contributed by atoms with Crippen LogP contribution in [-0.2, 0) is 6.42 Å². The third-order valence-corrected chi connectivity index (χ3v) is 3.10. The van der Waals surface area contributed by atoms with Crippen molar-refractivity contribution in [3.05, 3.63) is 34.9 Å². The Labute approximate surface area is 82.9 Å². The molecule has 0 saturated carbocycles. The van der Waals surface area contributed by atoms with E-state index in [1.54, 1.807) is 0 Å². The van der Waals surface area contributed by atoms with Crippen molar-refractivity contribution >= 4 is 0 Å². The van der Waals surface area contributed by atoms with Crippen LogP contribution >= 0.6 is 0 Å². The van der Waals surface area contributed by atoms with Gasteiger partial charge in [-0.05, 0) is 41.9 Å². The van der Waals surface area contributed by atoms with Crippen molar-refractivity contribution in [2.75, 3.05) is 0 Å². The molecule has 0 heterocycles. The lowest BCUT2D eigenvalue weighted by Crippen LogP contribution is -2.03. The summed E-state index contributed by atoms with van der Waals surface area (Å²) in [7, 11) is 0. The van der Waals surface area contributed by atoms with Crippen molar-refractivity contribution in [3.63, 3.8) is 0 Å². The van der Waals surface area contributed by atoms with Crippen molar-refractivity contribution in [1.82, 2.24) is 0 Å². The second-order valence-electron chi connectivity index (χ2n) is 4.34. The zero-order valence-electron chi connectivity index (χ0n) is 8.48. The fraction of sp³-hybridized carbons (Fsp3) is 0.500. The first-order valence-corrected chi connectivity index (χ1v) is 5.07. The summed E-state index contributed by atoms with van der Waals surface area (Å²) in [6, 6.07) is 2.48. The van der Waals surface area contributed by atoms with Gasteiger partial charge in [0, 0.05) is 6.07 Å². The lowest BCUT2D eigenvalue weighted by atomic mass is 9.90. The van der Waals surface area contributed by atoms with Crippen LogP contribution in [0.25, 0.3) is 0 Å². The molecule has 0 aliphatic heterocycles. The molecule has 0 unspecified atom stereocenters. The van der Waals surface area contributed by atoms with E-state index in [0.29, 0.717) is 11.8 Å². The Hall–Kier alpha value is -0.920. The molecule has 0 fully saturated rings. The quantitative estimate of drug-likeness (QED) is 0.643. The number of halogens is 2. The number of rotatable bonds is 1. The Morgan fingerprint density at radius 2 is 2.00 bits per heavy atom. The monoisotopic (exact) mass is 196 g/mol. The molecule has 0 aromatic heterocycles. The molecule has 76 valence electrons. The Bertz CT molecular complexity index is 356. The van der Waals surface area contributed by atoms with Crippen LogP contribution in [0, 0.1) is 17.6 Å². The summed E-state index contributed by atoms with van der Waals surface area (Å²) in [6.07, 6.45) is 1.71. The summed E-state index contributed by atoms with van der Waals surface area (Å²) in [6.45, 7) is 4.20. The number of hydrogen-bond acceptors (Lipinski definition) is 0. The molecule has 0 spiro atoms. The summed E-state index contributed by atoms with van der Waals surface area (Å²) in [5.74, 6) is -0.0374. The number of fused-ring (bicyclic) bond motifs is 1. The van der Waals surface area contributed by atoms with E-state index in [9.17, 15) is 8.78 Å². The number of benzene rings is 1. The highest BCUT2D eigenvalue weighted by Crippen LogP contribution is 2.39. The normalized spacial score (nSPS) is 20.2. The maximum atomic E-state index is 13.3. The third-order valence-electron chi connectivity index (χ3n) is 3.10. The predicted molar refractivity (Wildman–Crippen MR) is 52.3 cm³/mol. The lowest BCUT2D eigenvalue weighted by Gasteiger charge is -2.15. The third kappa shape index (κ3) is 1.43. The van der Waals surface area contributed by atoms with E-state index >= 15 is 0 Å². The Morgan fingerprint density at radius 1 is 1.29 bits per heavy atom. The van der Waals surface area contributed by atoms with Gasteiger partial charge in [0.25, 0.3) is 0 Å². The Kier molecular flexibility index (Phi) is 2.30. The van der Waals surface area contributed by atoms with E-state index in [0.717, 1.165) is 30.0 Å². The van der Waals surface area contributed by atoms with Gasteiger partial charge in [-0.3, -0.25) is 0 Å². The zero-order chi connectivity index (χ0) is 10.3. The minimum absolute atomic E-state index is 0.329. The van der Waals surface area contributed by atoms with E-state index < -0.39 is 5.82 Å². The van der Waals surface area contributed by atoms with Crippen LogP contribution in [0.5, 0.6) is 0 Å². The fourth-order valence-corrected chi connectivity index (χ4v) is 2.37. The highest BCUT2D eigenvalue weighted by atomic mass is 19.1. The van der Waals surface area contributed by atoms with Gasteiger partial charge in [0.2, 0.25) is 0 Å². The minimum atomic E-state index is -0.450. The molecule has 1 aliphatic rings. The largest absolute Gasteiger partial charge is 0.207 e. The lowest BCUT2D eigenvalue weighted by molar-refractivity contribution is 0.493. The first-order valence-electron chi connectivity index (χ1n) is 5.07. The van der Waals surface area contributed by atoms with Gasteiger partial charge in [0.15, 0.2) is 0 Å². The van der Waals surface area contributed by atoms with Gasteiger partial charge in [-0.15, -0.1) is 0 Å². The van der Waals surface area contributed by atoms with E-state index in [-0.39, 0.29) is 5.82 Å². The van der Waals surface area contributed by atoms with Crippen LogP contribution in [0.1, 0.15) is 37.3 Å². The van der Waals surface area contributed by atoms with E-state index in [1.807, 2.05) is 0 Å². The van der Waals surface area contributed by atoms with Crippen LogP contribution < -0.4 is 0 Å². The average Bonchev–Trinajstić information content (AvgIpc) is 2.47. The van der Waals surface area contributed by atoms with Crippen LogP contribution in [0.4, 0.5) is 8.78 Å². The molecule has 1 aromatic carbocycles. The second-order valence-corrected chi connectivity index (χ2v) is 4.34. The molecule has 2 heteroatoms. The summed E-state index contributed by atoms with van der Waals surface area (Å²) >= 11 is 0. The maximum absolute atomic E-state index is 13.3. The molecule has 0 nitrogen and oxygen atoms in total. The van der Waals surface area contributed by atoms with Gasteiger partial charge in [-0.25, -0.2) is 8.78 Å². The first kappa shape index (κ1) is 9.63. The molecule has 0 amide bonds. The molecule has 0 radical (unpaired) electrons. The molecule has 2 rings (SSSR count). The van der Waals surface area contributed by atoms with Gasteiger partial charge < -0.3 is 0 Å². The van der Waals surface area contributed by atoms with E-state index in [2.05, 4.69) is 13.8 Å². The van der Waals surface area contributed by atoms with Crippen LogP contribution in [0.2, 0.25) is 0 Å². The molecular formula is C12H14F2. The van der Waals surface area contributed by atoms with Crippen molar-refractivity contribution < 1.29 is 8.78 Å². The van der Waals surface area contributed by atoms with Gasteiger partial charge in [0.1, 0.15) is 11.6 Å². The summed E-state index contributed by atoms with van der Waals surface area (Å²) in [5, 5.41) is 0. The van der Waals surface area contributed by atoms with Gasteiger partial charge in [-0.2, -0.15) is 0 Å². The molecule has 0 N–H and O–H groups in total. The Morgan fingerprint density at radius 3 is 2.64 bits per heavy atom. The second kappa shape index (κ2) is 3.34. The van der Waals surface area contributed by atoms with Crippen molar-refractivity contribution in [1.29, 1.82) is 0 Å². The van der Waals surface area contributed by atoms with Crippen molar-refractivity contribution in [2.45, 2.75) is 32.6 Å². The van der Waals surface area contributed by atoms with Gasteiger partial charge in [0.05, 0.1) is 0 Å². The van der Waals surface area contributed by atoms with Gasteiger partial charge in [-0.1, -0.05) is 13.8 Å². The highest BCUT2D eigenvalue weighted by Gasteiger charge is 2.27. The first-order chi connectivity index (χ1) is 6.59. The van der Waals surface area contributed by atoms with Crippen LogP contribution in [0.15, 0.2) is 12.1 Å². The molecule has 0 bridgehead atoms. The van der Waals surface area contributed by atoms with E-state index in [4.69, 9.17) is 0 Å². The Balaban J connectivity index is 2.49. The molecule has 1 atom stereocenters. The maximum Gasteiger partial charge on any atom is 0.129 e. The van der Waals surface area contributed by atoms with Crippen molar-refractivity contribution in [3.8, 4) is 0 Å². The number of hydrogen-bond donors (Lipinski definition) is 0. The molecule has 14 heavy (non-hydrogen) atoms. The van der Waals surface area contributed by atoms with Crippen LogP contribution in [-0.4, -0.2) is 0 Å². The molecular weight excluding hydrogens is 182 g/mol. The standard InChI is InChI=1S/C12H14F2/c1-7(2)9-3-4-10-11(9)5-8(13)6-12(10)14/h5-7,9H,3-4H2,1-2H3/t9-/m1/s1. The van der Waals surface area contributed by atoms with Crippen LogP contribution in [0.3, 0.4) is 0 Å². The van der Waals surface area contributed by atoms with E-state index in [1.165, 1.54) is 6.07 Å². The van der Waals surface area contributed by atoms with Gasteiger partial charge >= 0.3 is 0 Å². The molecule has 1 aromatic rings. The fourth-order valence-electron chi connectivity index (χ4n) is 2.37. The summed E-state index contributed by atoms with van der Waals surface area (Å²) in [4.78, 5) is 0. The molecule has 0 saturated heterocycles. The topological polar surface area (TPSA) is 0 Å². The van der Waals surface area contributed by atoms with Crippen molar-refractivity contribution in [2.24, 2.45) is 5.92 Å². The predicted octanol–water partition coefficient (Wildman–Crippen LogP) is 3.65. The highest BCUT2D eigenvalue weighted by molar-refractivity contribution is 5.37. The summed E-state index contributed by atoms with van der Waals surface area (Å²) < 4.78 is 26.4. The summed E-state index contributed by atoms with van der Waals surface area (Å²) in [5.41, 5.74) is 1.61. The SMILES string of the molecule is CC(C)[C@H]1CCc2c(F)cc(F)cc21. The smallest absolute Gasteiger partial charge is 0.129 e.